The summed E-state index contributed by atoms with van der Waals surface area (Å²) in [4.78, 5) is 0.0995. The van der Waals surface area contributed by atoms with E-state index in [0.29, 0.717) is 11.5 Å². The fourth-order valence-corrected chi connectivity index (χ4v) is 2.40. The van der Waals surface area contributed by atoms with Crippen LogP contribution < -0.4 is 9.46 Å². The lowest BCUT2D eigenvalue weighted by atomic mass is 10.3. The quantitative estimate of drug-likeness (QED) is 0.914. The molecule has 18 heavy (non-hydrogen) atoms. The van der Waals surface area contributed by atoms with Crippen molar-refractivity contribution >= 4 is 15.8 Å². The number of hydrogen-bond donors (Lipinski definition) is 1. The second-order valence-electron chi connectivity index (χ2n) is 3.61. The first kappa shape index (κ1) is 12.4. The van der Waals surface area contributed by atoms with Gasteiger partial charge in [0.15, 0.2) is 5.82 Å². The van der Waals surface area contributed by atoms with Gasteiger partial charge in [-0.05, 0) is 19.1 Å². The van der Waals surface area contributed by atoms with Crippen LogP contribution >= 0.6 is 0 Å². The van der Waals surface area contributed by atoms with Gasteiger partial charge in [0.05, 0.1) is 12.0 Å². The second-order valence-corrected chi connectivity index (χ2v) is 5.29. The summed E-state index contributed by atoms with van der Waals surface area (Å²) in [6.45, 7) is 1.68. The van der Waals surface area contributed by atoms with Crippen LogP contribution in [0.5, 0.6) is 5.75 Å². The van der Waals surface area contributed by atoms with Crippen molar-refractivity contribution in [2.45, 2.75) is 11.8 Å². The fraction of sp³-hybridized carbons (Fsp3) is 0.182. The molecular formula is C11H12N2O4S. The molecular weight excluding hydrogens is 256 g/mol. The number of nitrogens with one attached hydrogen (secondary N) is 1. The molecule has 1 aromatic heterocycles. The van der Waals surface area contributed by atoms with Crippen LogP contribution in [-0.4, -0.2) is 20.7 Å². The number of nitrogens with zero attached hydrogens (tertiary/aromatic N) is 1. The normalized spacial score (nSPS) is 11.2. The van der Waals surface area contributed by atoms with Crippen LogP contribution in [0, 0.1) is 6.92 Å². The molecule has 1 N–H and O–H groups in total. The molecule has 96 valence electrons. The molecule has 0 saturated heterocycles. The zero-order chi connectivity index (χ0) is 13.2. The topological polar surface area (TPSA) is 81.4 Å². The lowest BCUT2D eigenvalue weighted by Gasteiger charge is -2.06. The smallest absolute Gasteiger partial charge is 0.263 e. The van der Waals surface area contributed by atoms with E-state index in [0.717, 1.165) is 0 Å². The van der Waals surface area contributed by atoms with Crippen molar-refractivity contribution in [2.24, 2.45) is 0 Å². The van der Waals surface area contributed by atoms with E-state index >= 15 is 0 Å². The van der Waals surface area contributed by atoms with Crippen molar-refractivity contribution in [3.05, 3.63) is 36.1 Å². The molecule has 7 heteroatoms. The number of aromatic nitrogens is 1. The number of methoxy groups -OCH3 is 1. The Hall–Kier alpha value is -2.02. The van der Waals surface area contributed by atoms with Crippen LogP contribution in [0.1, 0.15) is 5.76 Å². The molecule has 0 aliphatic carbocycles. The summed E-state index contributed by atoms with van der Waals surface area (Å²) in [7, 11) is -2.21. The van der Waals surface area contributed by atoms with Crippen molar-refractivity contribution in [3.63, 3.8) is 0 Å². The highest BCUT2D eigenvalue weighted by atomic mass is 32.2. The summed E-state index contributed by atoms with van der Waals surface area (Å²) in [5.74, 6) is 1.14. The molecule has 0 aliphatic rings. The van der Waals surface area contributed by atoms with Gasteiger partial charge in [-0.3, -0.25) is 4.72 Å². The van der Waals surface area contributed by atoms with Crippen molar-refractivity contribution in [1.29, 1.82) is 0 Å². The van der Waals surface area contributed by atoms with Gasteiger partial charge in [0, 0.05) is 12.1 Å². The average molecular weight is 268 g/mol. The first-order valence-corrected chi connectivity index (χ1v) is 6.60. The molecule has 2 aromatic rings. The number of rotatable bonds is 4. The minimum Gasteiger partial charge on any atom is -0.497 e. The Labute approximate surface area is 105 Å². The van der Waals surface area contributed by atoms with Gasteiger partial charge in [0.25, 0.3) is 10.0 Å². The van der Waals surface area contributed by atoms with Crippen molar-refractivity contribution < 1.29 is 17.7 Å². The minimum absolute atomic E-state index is 0.0995. The predicted octanol–water partition coefficient (Wildman–Crippen LogP) is 1.79. The Morgan fingerprint density at radius 3 is 2.72 bits per heavy atom. The third-order valence-electron chi connectivity index (χ3n) is 2.22. The number of benzene rings is 1. The Morgan fingerprint density at radius 2 is 2.11 bits per heavy atom. The Balaban J connectivity index is 2.30. The minimum atomic E-state index is -3.69. The van der Waals surface area contributed by atoms with Gasteiger partial charge in [-0.2, -0.15) is 0 Å². The number of ether oxygens (including phenoxy) is 1. The SMILES string of the molecule is COc1cccc(S(=O)(=O)Nc2cc(C)on2)c1. The van der Waals surface area contributed by atoms with E-state index in [1.165, 1.54) is 25.3 Å². The maximum atomic E-state index is 12.0. The van der Waals surface area contributed by atoms with Crippen LogP contribution in [-0.2, 0) is 10.0 Å². The third-order valence-corrected chi connectivity index (χ3v) is 3.57. The molecule has 6 nitrogen and oxygen atoms in total. The number of aryl methyl sites for hydroxylation is 1. The summed E-state index contributed by atoms with van der Waals surface area (Å²) in [5, 5.41) is 3.57. The molecule has 0 atom stereocenters. The molecule has 0 unspecified atom stereocenters. The highest BCUT2D eigenvalue weighted by Gasteiger charge is 2.16. The van der Waals surface area contributed by atoms with Gasteiger partial charge in [-0.25, -0.2) is 8.42 Å². The van der Waals surface area contributed by atoms with Gasteiger partial charge in [0.2, 0.25) is 0 Å². The standard InChI is InChI=1S/C11H12N2O4S/c1-8-6-11(12-17-8)13-18(14,15)10-5-3-4-9(7-10)16-2/h3-7H,1-2H3,(H,12,13). The van der Waals surface area contributed by atoms with E-state index in [1.54, 1.807) is 19.1 Å². The summed E-state index contributed by atoms with van der Waals surface area (Å²) < 4.78 is 36.1. The zero-order valence-electron chi connectivity index (χ0n) is 9.88. The van der Waals surface area contributed by atoms with E-state index in [4.69, 9.17) is 9.26 Å². The second kappa shape index (κ2) is 4.69. The highest BCUT2D eigenvalue weighted by molar-refractivity contribution is 7.92. The van der Waals surface area contributed by atoms with Gasteiger partial charge in [-0.1, -0.05) is 11.2 Å². The van der Waals surface area contributed by atoms with E-state index in [2.05, 4.69) is 9.88 Å². The lowest BCUT2D eigenvalue weighted by molar-refractivity contribution is 0.400. The first-order valence-electron chi connectivity index (χ1n) is 5.11. The van der Waals surface area contributed by atoms with Crippen molar-refractivity contribution in [3.8, 4) is 5.75 Å². The summed E-state index contributed by atoms with van der Waals surface area (Å²) in [5.41, 5.74) is 0. The van der Waals surface area contributed by atoms with Crippen LogP contribution in [0.15, 0.2) is 39.8 Å². The zero-order valence-corrected chi connectivity index (χ0v) is 10.7. The maximum Gasteiger partial charge on any atom is 0.263 e. The van der Waals surface area contributed by atoms with Gasteiger partial charge >= 0.3 is 0 Å². The average Bonchev–Trinajstić information content (AvgIpc) is 2.74. The van der Waals surface area contributed by atoms with Crippen LogP contribution in [0.25, 0.3) is 0 Å². The molecule has 0 aliphatic heterocycles. The van der Waals surface area contributed by atoms with E-state index in [-0.39, 0.29) is 10.7 Å². The monoisotopic (exact) mass is 268 g/mol. The molecule has 1 heterocycles. The van der Waals surface area contributed by atoms with Gasteiger partial charge in [0.1, 0.15) is 11.5 Å². The van der Waals surface area contributed by atoms with Crippen LogP contribution in [0.3, 0.4) is 0 Å². The van der Waals surface area contributed by atoms with Crippen molar-refractivity contribution in [2.75, 3.05) is 11.8 Å². The van der Waals surface area contributed by atoms with E-state index in [1.807, 2.05) is 0 Å². The predicted molar refractivity (Wildman–Crippen MR) is 65.0 cm³/mol. The Bertz CT molecular complexity index is 649. The lowest BCUT2D eigenvalue weighted by Crippen LogP contribution is -2.13. The number of sulfonamides is 1. The number of anilines is 1. The molecule has 0 spiro atoms. The molecule has 0 bridgehead atoms. The van der Waals surface area contributed by atoms with Crippen LogP contribution in [0.4, 0.5) is 5.82 Å². The highest BCUT2D eigenvalue weighted by Crippen LogP contribution is 2.19. The molecule has 1 aromatic carbocycles. The van der Waals surface area contributed by atoms with Gasteiger partial charge < -0.3 is 9.26 Å². The Morgan fingerprint density at radius 1 is 1.33 bits per heavy atom. The molecule has 0 fully saturated rings. The first-order chi connectivity index (χ1) is 8.51. The molecule has 0 radical (unpaired) electrons. The summed E-state index contributed by atoms with van der Waals surface area (Å²) >= 11 is 0. The number of hydrogen-bond acceptors (Lipinski definition) is 5. The third kappa shape index (κ3) is 2.62. The largest absolute Gasteiger partial charge is 0.497 e. The van der Waals surface area contributed by atoms with E-state index < -0.39 is 10.0 Å². The van der Waals surface area contributed by atoms with Gasteiger partial charge in [-0.15, -0.1) is 0 Å². The molecule has 0 saturated carbocycles. The fourth-order valence-electron chi connectivity index (χ4n) is 1.38. The van der Waals surface area contributed by atoms with Crippen LogP contribution in [0.2, 0.25) is 0 Å². The summed E-state index contributed by atoms with van der Waals surface area (Å²) in [6.07, 6.45) is 0. The molecule has 0 amide bonds. The summed E-state index contributed by atoms with van der Waals surface area (Å²) in [6, 6.07) is 7.66. The van der Waals surface area contributed by atoms with E-state index in [9.17, 15) is 8.42 Å². The van der Waals surface area contributed by atoms with Crippen molar-refractivity contribution in [1.82, 2.24) is 5.16 Å². The Kier molecular flexibility index (Phi) is 3.24. The molecule has 2 rings (SSSR count). The maximum absolute atomic E-state index is 12.0.